The van der Waals surface area contributed by atoms with E-state index < -0.39 is 5.97 Å². The summed E-state index contributed by atoms with van der Waals surface area (Å²) < 4.78 is 10.7. The zero-order valence-corrected chi connectivity index (χ0v) is 18.2. The topological polar surface area (TPSA) is 91.7 Å². The van der Waals surface area contributed by atoms with E-state index in [4.69, 9.17) is 14.6 Å². The standard InChI is InChI=1S/C23H27N3O5/c1-25(2)17-7-5-15(6-8-17)21-14-20(24-26(21)22(27)9-10-23(28)29)16-11-18(30-3)13-19(12-16)31-4/h5-8,11-13,21H,9-10,14H2,1-4H3,(H,28,29). The summed E-state index contributed by atoms with van der Waals surface area (Å²) >= 11 is 0. The lowest BCUT2D eigenvalue weighted by Gasteiger charge is -2.22. The average molecular weight is 425 g/mol. The first-order valence-electron chi connectivity index (χ1n) is 9.94. The smallest absolute Gasteiger partial charge is 0.303 e. The van der Waals surface area contributed by atoms with Gasteiger partial charge in [0.05, 0.1) is 32.4 Å². The average Bonchev–Trinajstić information content (AvgIpc) is 3.22. The lowest BCUT2D eigenvalue weighted by atomic mass is 9.97. The second-order valence-corrected chi connectivity index (χ2v) is 7.49. The predicted molar refractivity (Wildman–Crippen MR) is 118 cm³/mol. The first-order chi connectivity index (χ1) is 14.8. The number of methoxy groups -OCH3 is 2. The number of hydrazone groups is 1. The summed E-state index contributed by atoms with van der Waals surface area (Å²) in [6.07, 6.45) is 0.149. The highest BCUT2D eigenvalue weighted by atomic mass is 16.5. The fraction of sp³-hybridized carbons (Fsp3) is 0.348. The Labute approximate surface area is 181 Å². The molecule has 0 spiro atoms. The number of amides is 1. The van der Waals surface area contributed by atoms with Crippen molar-refractivity contribution >= 4 is 23.3 Å². The first-order valence-corrected chi connectivity index (χ1v) is 9.94. The van der Waals surface area contributed by atoms with Crippen LogP contribution in [0.15, 0.2) is 47.6 Å². The number of hydrogen-bond donors (Lipinski definition) is 1. The van der Waals surface area contributed by atoms with Gasteiger partial charge in [-0.15, -0.1) is 0 Å². The molecule has 2 aromatic carbocycles. The van der Waals surface area contributed by atoms with Crippen LogP contribution in [-0.4, -0.2) is 56.0 Å². The molecule has 1 heterocycles. The predicted octanol–water partition coefficient (Wildman–Crippen LogP) is 3.31. The summed E-state index contributed by atoms with van der Waals surface area (Å²) in [6, 6.07) is 13.1. The van der Waals surface area contributed by atoms with E-state index in [9.17, 15) is 9.59 Å². The van der Waals surface area contributed by atoms with Crippen LogP contribution in [0.2, 0.25) is 0 Å². The molecule has 0 saturated heterocycles. The Morgan fingerprint density at radius 3 is 2.19 bits per heavy atom. The number of hydrogen-bond acceptors (Lipinski definition) is 6. The van der Waals surface area contributed by atoms with Gasteiger partial charge in [-0.25, -0.2) is 5.01 Å². The van der Waals surface area contributed by atoms with Crippen LogP contribution < -0.4 is 14.4 Å². The maximum absolute atomic E-state index is 12.8. The summed E-state index contributed by atoms with van der Waals surface area (Å²) in [5.74, 6) is -0.0886. The molecule has 1 unspecified atom stereocenters. The molecule has 3 rings (SSSR count). The fourth-order valence-corrected chi connectivity index (χ4v) is 3.47. The Hall–Kier alpha value is -3.55. The van der Waals surface area contributed by atoms with Gasteiger partial charge in [-0.1, -0.05) is 12.1 Å². The molecule has 1 aliphatic heterocycles. The third kappa shape index (κ3) is 5.14. The quantitative estimate of drug-likeness (QED) is 0.698. The van der Waals surface area contributed by atoms with Gasteiger partial charge in [0.1, 0.15) is 11.5 Å². The molecule has 0 saturated carbocycles. The highest BCUT2D eigenvalue weighted by Gasteiger charge is 2.33. The van der Waals surface area contributed by atoms with Gasteiger partial charge in [0, 0.05) is 44.3 Å². The monoisotopic (exact) mass is 425 g/mol. The molecule has 164 valence electrons. The molecule has 1 amide bonds. The zero-order valence-electron chi connectivity index (χ0n) is 18.2. The third-order valence-electron chi connectivity index (χ3n) is 5.20. The largest absolute Gasteiger partial charge is 0.497 e. The second-order valence-electron chi connectivity index (χ2n) is 7.49. The van der Waals surface area contributed by atoms with Crippen LogP contribution in [0.3, 0.4) is 0 Å². The van der Waals surface area contributed by atoms with Gasteiger partial charge in [-0.3, -0.25) is 9.59 Å². The van der Waals surface area contributed by atoms with Crippen LogP contribution in [0.5, 0.6) is 11.5 Å². The summed E-state index contributed by atoms with van der Waals surface area (Å²) in [6.45, 7) is 0. The number of benzene rings is 2. The van der Waals surface area contributed by atoms with Crippen molar-refractivity contribution < 1.29 is 24.2 Å². The van der Waals surface area contributed by atoms with Gasteiger partial charge in [-0.2, -0.15) is 5.10 Å². The van der Waals surface area contributed by atoms with Gasteiger partial charge in [0.15, 0.2) is 0 Å². The summed E-state index contributed by atoms with van der Waals surface area (Å²) in [4.78, 5) is 25.8. The fourth-order valence-electron chi connectivity index (χ4n) is 3.47. The summed E-state index contributed by atoms with van der Waals surface area (Å²) in [7, 11) is 7.07. The zero-order chi connectivity index (χ0) is 22.5. The molecule has 1 N–H and O–H groups in total. The first kappa shape index (κ1) is 22.1. The number of rotatable bonds is 8. The van der Waals surface area contributed by atoms with Crippen molar-refractivity contribution in [3.63, 3.8) is 0 Å². The number of carboxylic acids is 1. The van der Waals surface area contributed by atoms with Crippen LogP contribution in [-0.2, 0) is 9.59 Å². The van der Waals surface area contributed by atoms with E-state index in [1.165, 1.54) is 5.01 Å². The lowest BCUT2D eigenvalue weighted by molar-refractivity contribution is -0.141. The Morgan fingerprint density at radius 1 is 1.06 bits per heavy atom. The lowest BCUT2D eigenvalue weighted by Crippen LogP contribution is -2.27. The van der Waals surface area contributed by atoms with Crippen molar-refractivity contribution in [1.29, 1.82) is 0 Å². The van der Waals surface area contributed by atoms with E-state index in [0.717, 1.165) is 16.8 Å². The number of ether oxygens (including phenoxy) is 2. The van der Waals surface area contributed by atoms with Gasteiger partial charge in [-0.05, 0) is 29.8 Å². The van der Waals surface area contributed by atoms with Crippen molar-refractivity contribution in [2.45, 2.75) is 25.3 Å². The van der Waals surface area contributed by atoms with E-state index in [2.05, 4.69) is 5.10 Å². The van der Waals surface area contributed by atoms with Crippen LogP contribution >= 0.6 is 0 Å². The molecule has 1 aliphatic rings. The van der Waals surface area contributed by atoms with Crippen LogP contribution in [0, 0.1) is 0 Å². The minimum atomic E-state index is -1.01. The van der Waals surface area contributed by atoms with Crippen LogP contribution in [0.1, 0.15) is 36.4 Å². The number of carboxylic acid groups (broad SMARTS) is 1. The van der Waals surface area contributed by atoms with Crippen molar-refractivity contribution in [2.24, 2.45) is 5.10 Å². The van der Waals surface area contributed by atoms with E-state index >= 15 is 0 Å². The molecular weight excluding hydrogens is 398 g/mol. The van der Waals surface area contributed by atoms with Gasteiger partial charge in [0.25, 0.3) is 0 Å². The second kappa shape index (κ2) is 9.51. The Bertz CT molecular complexity index is 963. The Morgan fingerprint density at radius 2 is 1.68 bits per heavy atom. The van der Waals surface area contributed by atoms with Gasteiger partial charge < -0.3 is 19.5 Å². The molecule has 1 atom stereocenters. The van der Waals surface area contributed by atoms with Crippen molar-refractivity contribution in [3.8, 4) is 11.5 Å². The molecule has 0 bridgehead atoms. The van der Waals surface area contributed by atoms with Gasteiger partial charge in [0.2, 0.25) is 5.91 Å². The number of anilines is 1. The van der Waals surface area contributed by atoms with Crippen LogP contribution in [0.4, 0.5) is 5.69 Å². The minimum absolute atomic E-state index is 0.111. The van der Waals surface area contributed by atoms with Crippen molar-refractivity contribution in [2.75, 3.05) is 33.2 Å². The summed E-state index contributed by atoms with van der Waals surface area (Å²) in [5, 5.41) is 15.0. The highest BCUT2D eigenvalue weighted by Crippen LogP contribution is 2.35. The number of aliphatic carboxylic acids is 1. The normalized spacial score (nSPS) is 15.4. The Balaban J connectivity index is 1.95. The molecule has 8 heteroatoms. The summed E-state index contributed by atoms with van der Waals surface area (Å²) in [5.41, 5.74) is 3.48. The number of carbonyl (C=O) groups is 2. The van der Waals surface area contributed by atoms with E-state index in [1.54, 1.807) is 20.3 Å². The molecule has 8 nitrogen and oxygen atoms in total. The van der Waals surface area contributed by atoms with Crippen molar-refractivity contribution in [1.82, 2.24) is 5.01 Å². The molecule has 0 aromatic heterocycles. The van der Waals surface area contributed by atoms with E-state index in [1.807, 2.05) is 55.4 Å². The maximum atomic E-state index is 12.8. The van der Waals surface area contributed by atoms with Gasteiger partial charge >= 0.3 is 5.97 Å². The van der Waals surface area contributed by atoms with Crippen molar-refractivity contribution in [3.05, 3.63) is 53.6 Å². The highest BCUT2D eigenvalue weighted by molar-refractivity contribution is 6.04. The number of carbonyl (C=O) groups excluding carboxylic acids is 1. The number of nitrogens with zero attached hydrogens (tertiary/aromatic N) is 3. The molecule has 2 aromatic rings. The molecule has 31 heavy (non-hydrogen) atoms. The maximum Gasteiger partial charge on any atom is 0.303 e. The SMILES string of the molecule is COc1cc(OC)cc(C2=NN(C(=O)CCC(=O)O)C(c3ccc(N(C)C)cc3)C2)c1. The molecule has 0 radical (unpaired) electrons. The van der Waals surface area contributed by atoms with E-state index in [0.29, 0.717) is 23.6 Å². The molecule has 0 aliphatic carbocycles. The Kier molecular flexibility index (Phi) is 6.79. The van der Waals surface area contributed by atoms with Crippen LogP contribution in [0.25, 0.3) is 0 Å². The molecule has 0 fully saturated rings. The van der Waals surface area contributed by atoms with E-state index in [-0.39, 0.29) is 24.8 Å². The third-order valence-corrected chi connectivity index (χ3v) is 5.20. The minimum Gasteiger partial charge on any atom is -0.497 e. The molecular formula is C23H27N3O5.